The number of carbonyl (C=O) groups is 1. The highest BCUT2D eigenvalue weighted by Crippen LogP contribution is 2.49. The number of rotatable bonds is 5. The summed E-state index contributed by atoms with van der Waals surface area (Å²) in [6.45, 7) is 0.377. The summed E-state index contributed by atoms with van der Waals surface area (Å²) in [6, 6.07) is 27.6. The van der Waals surface area contributed by atoms with Gasteiger partial charge in [-0.15, -0.1) is 0 Å². The van der Waals surface area contributed by atoms with Gasteiger partial charge in [-0.3, -0.25) is 4.79 Å². The number of nitrogens with zero attached hydrogens (tertiary/aromatic N) is 1. The van der Waals surface area contributed by atoms with Crippen LogP contribution in [-0.2, 0) is 17.0 Å². The maximum Gasteiger partial charge on any atom is 0.435 e. The van der Waals surface area contributed by atoms with Gasteiger partial charge in [-0.25, -0.2) is 0 Å². The third-order valence-electron chi connectivity index (χ3n) is 6.18. The lowest BCUT2D eigenvalue weighted by Crippen LogP contribution is -2.42. The number of amides is 1. The normalized spacial score (nSPS) is 17.6. The molecule has 0 spiro atoms. The third-order valence-corrected chi connectivity index (χ3v) is 6.18. The maximum absolute atomic E-state index is 14.3. The van der Waals surface area contributed by atoms with Crippen LogP contribution < -0.4 is 5.32 Å². The number of oxime groups is 1. The largest absolute Gasteiger partial charge is 0.435 e. The molecule has 4 aromatic carbocycles. The summed E-state index contributed by atoms with van der Waals surface area (Å²) in [5.41, 5.74) is -0.562. The van der Waals surface area contributed by atoms with E-state index < -0.39 is 18.2 Å². The minimum Gasteiger partial charge on any atom is -0.374 e. The van der Waals surface area contributed by atoms with Gasteiger partial charge in [-0.1, -0.05) is 84.0 Å². The molecule has 1 heterocycles. The lowest BCUT2D eigenvalue weighted by molar-refractivity contribution is -0.275. The van der Waals surface area contributed by atoms with Gasteiger partial charge in [-0.05, 0) is 40.1 Å². The summed E-state index contributed by atoms with van der Waals surface area (Å²) in [5.74, 6) is -0.272. The molecule has 0 bridgehead atoms. The molecule has 0 aliphatic carbocycles. The summed E-state index contributed by atoms with van der Waals surface area (Å²) >= 11 is 0. The Kier molecular flexibility index (Phi) is 5.76. The predicted molar refractivity (Wildman–Crippen MR) is 128 cm³/mol. The number of benzene rings is 4. The Morgan fingerprint density at radius 2 is 1.57 bits per heavy atom. The van der Waals surface area contributed by atoms with Crippen molar-refractivity contribution in [1.82, 2.24) is 5.32 Å². The zero-order chi connectivity index (χ0) is 24.5. The molecular formula is C28H21F3N2O2. The molecule has 5 rings (SSSR count). The van der Waals surface area contributed by atoms with Gasteiger partial charge in [0.2, 0.25) is 0 Å². The highest BCUT2D eigenvalue weighted by molar-refractivity contribution is 6.03. The van der Waals surface area contributed by atoms with Crippen LogP contribution in [0.5, 0.6) is 0 Å². The molecule has 1 unspecified atom stereocenters. The van der Waals surface area contributed by atoms with Crippen LogP contribution >= 0.6 is 0 Å². The SMILES string of the molecule is O=C(NCc1ccccc1)c1ccc(C2=NOC(c3ccc4ccccc4c3)(C(F)(F)F)C2)cc1. The zero-order valence-corrected chi connectivity index (χ0v) is 18.5. The molecular weight excluding hydrogens is 453 g/mol. The van der Waals surface area contributed by atoms with E-state index in [0.29, 0.717) is 23.1 Å². The predicted octanol–water partition coefficient (Wildman–Crippen LogP) is 6.35. The van der Waals surface area contributed by atoms with Gasteiger partial charge >= 0.3 is 6.18 Å². The van der Waals surface area contributed by atoms with Crippen LogP contribution in [0.1, 0.15) is 33.5 Å². The molecule has 1 amide bonds. The molecule has 7 heteroatoms. The summed E-state index contributed by atoms with van der Waals surface area (Å²) in [6.07, 6.45) is -5.15. The molecule has 0 aromatic heterocycles. The monoisotopic (exact) mass is 474 g/mol. The third kappa shape index (κ3) is 4.37. The van der Waals surface area contributed by atoms with E-state index in [1.54, 1.807) is 42.5 Å². The first-order chi connectivity index (χ1) is 16.9. The molecule has 176 valence electrons. The number of halogens is 3. The van der Waals surface area contributed by atoms with Crippen LogP contribution in [0.15, 0.2) is 102 Å². The van der Waals surface area contributed by atoms with Crippen molar-refractivity contribution >= 4 is 22.4 Å². The maximum atomic E-state index is 14.3. The van der Waals surface area contributed by atoms with Gasteiger partial charge in [0.05, 0.1) is 5.71 Å². The van der Waals surface area contributed by atoms with Gasteiger partial charge in [0.15, 0.2) is 0 Å². The highest BCUT2D eigenvalue weighted by atomic mass is 19.4. The van der Waals surface area contributed by atoms with Crippen LogP contribution in [-0.4, -0.2) is 17.8 Å². The first-order valence-electron chi connectivity index (χ1n) is 11.1. The first-order valence-corrected chi connectivity index (χ1v) is 11.1. The highest BCUT2D eigenvalue weighted by Gasteiger charge is 2.62. The minimum absolute atomic E-state index is 0.000593. The smallest absolute Gasteiger partial charge is 0.374 e. The first kappa shape index (κ1) is 22.7. The van der Waals surface area contributed by atoms with Crippen LogP contribution in [0, 0.1) is 0 Å². The van der Waals surface area contributed by atoms with Gasteiger partial charge in [-0.2, -0.15) is 13.2 Å². The Balaban J connectivity index is 1.35. The van der Waals surface area contributed by atoms with E-state index in [0.717, 1.165) is 10.9 Å². The Labute approximate surface area is 200 Å². The summed E-state index contributed by atoms with van der Waals surface area (Å²) < 4.78 is 43.0. The van der Waals surface area contributed by atoms with E-state index in [4.69, 9.17) is 4.84 Å². The summed E-state index contributed by atoms with van der Waals surface area (Å²) in [7, 11) is 0. The molecule has 1 aliphatic heterocycles. The summed E-state index contributed by atoms with van der Waals surface area (Å²) in [5, 5.41) is 8.19. The second kappa shape index (κ2) is 8.91. The van der Waals surface area contributed by atoms with Gasteiger partial charge < -0.3 is 10.2 Å². The Morgan fingerprint density at radius 3 is 2.29 bits per heavy atom. The van der Waals surface area contributed by atoms with Crippen LogP contribution in [0.2, 0.25) is 0 Å². The average molecular weight is 474 g/mol. The van der Waals surface area contributed by atoms with Crippen molar-refractivity contribution in [2.24, 2.45) is 5.16 Å². The van der Waals surface area contributed by atoms with Gasteiger partial charge in [0.25, 0.3) is 11.5 Å². The van der Waals surface area contributed by atoms with Gasteiger partial charge in [0, 0.05) is 24.1 Å². The molecule has 0 saturated heterocycles. The molecule has 4 aromatic rings. The zero-order valence-electron chi connectivity index (χ0n) is 18.5. The van der Waals surface area contributed by atoms with E-state index in [1.165, 1.54) is 12.1 Å². The van der Waals surface area contributed by atoms with Crippen molar-refractivity contribution in [2.45, 2.75) is 24.7 Å². The number of alkyl halides is 3. The van der Waals surface area contributed by atoms with E-state index in [9.17, 15) is 18.0 Å². The quantitative estimate of drug-likeness (QED) is 0.366. The standard InChI is InChI=1S/C28H21F3N2O2/c29-28(30,31)27(24-15-14-20-8-4-5-9-23(20)16-24)17-25(33-35-27)21-10-12-22(13-11-21)26(34)32-18-19-6-2-1-3-7-19/h1-16H,17-18H2,(H,32,34). The second-order valence-corrected chi connectivity index (χ2v) is 8.44. The van der Waals surface area contributed by atoms with Crippen LogP contribution in [0.25, 0.3) is 10.8 Å². The number of carbonyl (C=O) groups excluding carboxylic acids is 1. The van der Waals surface area contributed by atoms with Gasteiger partial charge in [0.1, 0.15) is 0 Å². The number of nitrogens with one attached hydrogen (secondary N) is 1. The van der Waals surface area contributed by atoms with Crippen LogP contribution in [0.3, 0.4) is 0 Å². The van der Waals surface area contributed by atoms with Crippen LogP contribution in [0.4, 0.5) is 13.2 Å². The second-order valence-electron chi connectivity index (χ2n) is 8.44. The van der Waals surface area contributed by atoms with E-state index in [-0.39, 0.29) is 17.2 Å². The van der Waals surface area contributed by atoms with Crippen molar-refractivity contribution in [2.75, 3.05) is 0 Å². The number of hydrogen-bond donors (Lipinski definition) is 1. The molecule has 1 atom stereocenters. The van der Waals surface area contributed by atoms with E-state index >= 15 is 0 Å². The fourth-order valence-corrected chi connectivity index (χ4v) is 4.19. The number of hydrogen-bond acceptors (Lipinski definition) is 3. The molecule has 0 radical (unpaired) electrons. The molecule has 4 nitrogen and oxygen atoms in total. The lowest BCUT2D eigenvalue weighted by Gasteiger charge is -2.29. The van der Waals surface area contributed by atoms with Crippen molar-refractivity contribution in [3.8, 4) is 0 Å². The average Bonchev–Trinajstić information content (AvgIpc) is 3.35. The Hall–Kier alpha value is -4.13. The molecule has 1 N–H and O–H groups in total. The molecule has 0 fully saturated rings. The van der Waals surface area contributed by atoms with Crippen molar-refractivity contribution in [3.63, 3.8) is 0 Å². The van der Waals surface area contributed by atoms with Crippen molar-refractivity contribution in [3.05, 3.63) is 119 Å². The Morgan fingerprint density at radius 1 is 0.886 bits per heavy atom. The fraction of sp³-hybridized carbons (Fsp3) is 0.143. The van der Waals surface area contributed by atoms with E-state index in [2.05, 4.69) is 10.5 Å². The van der Waals surface area contributed by atoms with Crippen molar-refractivity contribution < 1.29 is 22.8 Å². The summed E-state index contributed by atoms with van der Waals surface area (Å²) in [4.78, 5) is 17.6. The fourth-order valence-electron chi connectivity index (χ4n) is 4.19. The minimum atomic E-state index is -4.68. The Bertz CT molecular complexity index is 1400. The topological polar surface area (TPSA) is 50.7 Å². The number of fused-ring (bicyclic) bond motifs is 1. The van der Waals surface area contributed by atoms with E-state index in [1.807, 2.05) is 42.5 Å². The molecule has 35 heavy (non-hydrogen) atoms. The molecule has 0 saturated carbocycles. The van der Waals surface area contributed by atoms with Crippen molar-refractivity contribution in [1.29, 1.82) is 0 Å². The lowest BCUT2D eigenvalue weighted by atomic mass is 9.85. The molecule has 1 aliphatic rings.